The van der Waals surface area contributed by atoms with Gasteiger partial charge in [0.2, 0.25) is 0 Å². The molecule has 0 atom stereocenters. The van der Waals surface area contributed by atoms with Crippen LogP contribution in [0.4, 0.5) is 0 Å². The summed E-state index contributed by atoms with van der Waals surface area (Å²) in [6.45, 7) is 2.52. The maximum atomic E-state index is 12.0. The lowest BCUT2D eigenvalue weighted by Crippen LogP contribution is -2.08. The molecule has 0 amide bonds. The Bertz CT molecular complexity index is 630. The number of rotatable bonds is 9. The second-order valence-electron chi connectivity index (χ2n) is 5.54. The highest BCUT2D eigenvalue weighted by Gasteiger charge is 2.11. The van der Waals surface area contributed by atoms with Gasteiger partial charge in [-0.1, -0.05) is 43.7 Å². The Kier molecular flexibility index (Phi) is 6.55. The average Bonchev–Trinajstić information content (AvgIpc) is 2.59. The summed E-state index contributed by atoms with van der Waals surface area (Å²) in [6.07, 6.45) is 2.29. The molecule has 0 aromatic heterocycles. The minimum atomic E-state index is -0.124. The van der Waals surface area contributed by atoms with E-state index in [1.165, 1.54) is 0 Å². The van der Waals surface area contributed by atoms with Gasteiger partial charge in [-0.05, 0) is 36.2 Å². The number of ketones is 2. The van der Waals surface area contributed by atoms with E-state index in [0.29, 0.717) is 24.3 Å². The summed E-state index contributed by atoms with van der Waals surface area (Å²) < 4.78 is 5.68. The van der Waals surface area contributed by atoms with Gasteiger partial charge in [-0.15, -0.1) is 0 Å². The normalized spacial score (nSPS) is 10.3. The second-order valence-corrected chi connectivity index (χ2v) is 5.54. The van der Waals surface area contributed by atoms with Crippen LogP contribution < -0.4 is 4.74 Å². The Morgan fingerprint density at radius 2 is 1.65 bits per heavy atom. The molecule has 0 heterocycles. The van der Waals surface area contributed by atoms with Gasteiger partial charge in [-0.25, -0.2) is 0 Å². The molecule has 0 N–H and O–H groups in total. The summed E-state index contributed by atoms with van der Waals surface area (Å²) in [5.74, 6) is 0.602. The zero-order chi connectivity index (χ0) is 16.5. The molecule has 0 saturated heterocycles. The van der Waals surface area contributed by atoms with E-state index in [-0.39, 0.29) is 18.0 Å². The molecule has 0 fully saturated rings. The van der Waals surface area contributed by atoms with Gasteiger partial charge in [0.15, 0.2) is 5.78 Å². The predicted octanol–water partition coefficient (Wildman–Crippen LogP) is 4.60. The zero-order valence-corrected chi connectivity index (χ0v) is 13.5. The van der Waals surface area contributed by atoms with E-state index in [0.717, 1.165) is 18.4 Å². The standard InChI is InChI=1S/C20H22O3/c1-2-3-9-18(21)14-20(22)17-10-12-19(13-11-17)23-15-16-7-5-4-6-8-16/h4-8,10-13H,2-3,9,14-15H2,1H3. The van der Waals surface area contributed by atoms with Gasteiger partial charge in [0.1, 0.15) is 18.1 Å². The molecule has 0 aliphatic rings. The molecule has 0 spiro atoms. The molecule has 0 saturated carbocycles. The third-order valence-electron chi connectivity index (χ3n) is 3.59. The largest absolute Gasteiger partial charge is 0.489 e. The zero-order valence-electron chi connectivity index (χ0n) is 13.5. The van der Waals surface area contributed by atoms with Crippen LogP contribution in [0.1, 0.15) is 48.5 Å². The molecule has 0 unspecified atom stereocenters. The molecule has 120 valence electrons. The van der Waals surface area contributed by atoms with Crippen LogP contribution in [0.2, 0.25) is 0 Å². The fraction of sp³-hybridized carbons (Fsp3) is 0.300. The van der Waals surface area contributed by atoms with Gasteiger partial charge in [-0.2, -0.15) is 0 Å². The van der Waals surface area contributed by atoms with Crippen LogP contribution in [0.15, 0.2) is 54.6 Å². The predicted molar refractivity (Wildman–Crippen MR) is 90.7 cm³/mol. The number of benzene rings is 2. The van der Waals surface area contributed by atoms with Gasteiger partial charge in [0.05, 0.1) is 6.42 Å². The monoisotopic (exact) mass is 310 g/mol. The van der Waals surface area contributed by atoms with Crippen molar-refractivity contribution in [3.05, 3.63) is 65.7 Å². The topological polar surface area (TPSA) is 43.4 Å². The number of hydrogen-bond acceptors (Lipinski definition) is 3. The van der Waals surface area contributed by atoms with Gasteiger partial charge < -0.3 is 4.74 Å². The van der Waals surface area contributed by atoms with Gasteiger partial charge in [-0.3, -0.25) is 9.59 Å². The third kappa shape index (κ3) is 5.70. The molecular formula is C20H22O3. The summed E-state index contributed by atoms with van der Waals surface area (Å²) in [6, 6.07) is 16.9. The van der Waals surface area contributed by atoms with Crippen molar-refractivity contribution in [1.82, 2.24) is 0 Å². The molecule has 2 rings (SSSR count). The minimum Gasteiger partial charge on any atom is -0.489 e. The minimum absolute atomic E-state index is 0.00970. The Hall–Kier alpha value is -2.42. The fourth-order valence-corrected chi connectivity index (χ4v) is 2.22. The van der Waals surface area contributed by atoms with E-state index in [1.54, 1.807) is 24.3 Å². The Labute approximate surface area is 137 Å². The summed E-state index contributed by atoms with van der Waals surface area (Å²) in [5, 5.41) is 0. The first-order valence-corrected chi connectivity index (χ1v) is 8.00. The number of carbonyl (C=O) groups is 2. The van der Waals surface area contributed by atoms with E-state index < -0.39 is 0 Å². The molecule has 3 heteroatoms. The SMILES string of the molecule is CCCCC(=O)CC(=O)c1ccc(OCc2ccccc2)cc1. The van der Waals surface area contributed by atoms with Crippen molar-refractivity contribution in [2.45, 2.75) is 39.2 Å². The van der Waals surface area contributed by atoms with Crippen LogP contribution >= 0.6 is 0 Å². The first kappa shape index (κ1) is 16.9. The summed E-state index contributed by atoms with van der Waals surface area (Å²) in [7, 11) is 0. The molecule has 0 aliphatic heterocycles. The molecule has 3 nitrogen and oxygen atoms in total. The molecule has 2 aromatic carbocycles. The Balaban J connectivity index is 1.86. The average molecular weight is 310 g/mol. The molecular weight excluding hydrogens is 288 g/mol. The van der Waals surface area contributed by atoms with Crippen LogP contribution in [-0.4, -0.2) is 11.6 Å². The van der Waals surface area contributed by atoms with Crippen molar-refractivity contribution >= 4 is 11.6 Å². The molecule has 0 aliphatic carbocycles. The van der Waals surface area contributed by atoms with Crippen molar-refractivity contribution < 1.29 is 14.3 Å². The summed E-state index contributed by atoms with van der Waals surface area (Å²) >= 11 is 0. The molecule has 23 heavy (non-hydrogen) atoms. The van der Waals surface area contributed by atoms with Crippen molar-refractivity contribution in [1.29, 1.82) is 0 Å². The number of hydrogen-bond donors (Lipinski definition) is 0. The van der Waals surface area contributed by atoms with Gasteiger partial charge in [0.25, 0.3) is 0 Å². The smallest absolute Gasteiger partial charge is 0.170 e. The van der Waals surface area contributed by atoms with Crippen LogP contribution in [0.5, 0.6) is 5.75 Å². The first-order chi connectivity index (χ1) is 11.2. The maximum absolute atomic E-state index is 12.0. The number of ether oxygens (including phenoxy) is 1. The number of unbranched alkanes of at least 4 members (excludes halogenated alkanes) is 1. The van der Waals surface area contributed by atoms with E-state index in [9.17, 15) is 9.59 Å². The Morgan fingerprint density at radius 3 is 2.30 bits per heavy atom. The van der Waals surface area contributed by atoms with Crippen LogP contribution in [0.25, 0.3) is 0 Å². The lowest BCUT2D eigenvalue weighted by Gasteiger charge is -2.07. The van der Waals surface area contributed by atoms with Crippen LogP contribution in [-0.2, 0) is 11.4 Å². The number of Topliss-reactive ketones (excluding diaryl/α,β-unsaturated/α-hetero) is 2. The van der Waals surface area contributed by atoms with E-state index >= 15 is 0 Å². The molecule has 0 radical (unpaired) electrons. The lowest BCUT2D eigenvalue weighted by molar-refractivity contribution is -0.118. The molecule has 0 bridgehead atoms. The van der Waals surface area contributed by atoms with E-state index in [2.05, 4.69) is 0 Å². The van der Waals surface area contributed by atoms with Gasteiger partial charge >= 0.3 is 0 Å². The quantitative estimate of drug-likeness (QED) is 0.502. The highest BCUT2D eigenvalue weighted by Crippen LogP contribution is 2.16. The van der Waals surface area contributed by atoms with Crippen LogP contribution in [0, 0.1) is 0 Å². The summed E-state index contributed by atoms with van der Waals surface area (Å²) in [4.78, 5) is 23.7. The number of carbonyl (C=O) groups excluding carboxylic acids is 2. The summed E-state index contributed by atoms with van der Waals surface area (Å²) in [5.41, 5.74) is 1.65. The van der Waals surface area contributed by atoms with Crippen molar-refractivity contribution in [2.24, 2.45) is 0 Å². The van der Waals surface area contributed by atoms with Crippen LogP contribution in [0.3, 0.4) is 0 Å². The maximum Gasteiger partial charge on any atom is 0.170 e. The third-order valence-corrected chi connectivity index (χ3v) is 3.59. The second kappa shape index (κ2) is 8.89. The molecule has 2 aromatic rings. The Morgan fingerprint density at radius 1 is 0.957 bits per heavy atom. The highest BCUT2D eigenvalue weighted by atomic mass is 16.5. The van der Waals surface area contributed by atoms with E-state index in [1.807, 2.05) is 37.3 Å². The lowest BCUT2D eigenvalue weighted by atomic mass is 10.0. The highest BCUT2D eigenvalue weighted by molar-refractivity contribution is 6.07. The first-order valence-electron chi connectivity index (χ1n) is 8.00. The van der Waals surface area contributed by atoms with Crippen molar-refractivity contribution in [2.75, 3.05) is 0 Å². The van der Waals surface area contributed by atoms with Crippen molar-refractivity contribution in [3.8, 4) is 5.75 Å². The van der Waals surface area contributed by atoms with Gasteiger partial charge in [0, 0.05) is 12.0 Å². The fourth-order valence-electron chi connectivity index (χ4n) is 2.22. The van der Waals surface area contributed by atoms with Crippen molar-refractivity contribution in [3.63, 3.8) is 0 Å². The van der Waals surface area contributed by atoms with E-state index in [4.69, 9.17) is 4.74 Å².